The van der Waals surface area contributed by atoms with Crippen LogP contribution in [0, 0.1) is 6.92 Å². The first-order valence-electron chi connectivity index (χ1n) is 3.40. The number of aromatic amines is 1. The van der Waals surface area contributed by atoms with Crippen LogP contribution >= 0.6 is 10.7 Å². The van der Waals surface area contributed by atoms with Crippen LogP contribution in [0.1, 0.15) is 11.3 Å². The Morgan fingerprint density at radius 2 is 2.33 bits per heavy atom. The van der Waals surface area contributed by atoms with E-state index in [1.165, 1.54) is 0 Å². The van der Waals surface area contributed by atoms with Crippen molar-refractivity contribution in [3.05, 3.63) is 17.5 Å². The van der Waals surface area contributed by atoms with Crippen molar-refractivity contribution in [3.8, 4) is 0 Å². The third-order valence-electron chi connectivity index (χ3n) is 1.55. The first-order valence-corrected chi connectivity index (χ1v) is 5.88. The van der Waals surface area contributed by atoms with Gasteiger partial charge in [0, 0.05) is 16.4 Å². The number of aromatic nitrogens is 2. The molecule has 1 heterocycles. The van der Waals surface area contributed by atoms with E-state index in [9.17, 15) is 8.42 Å². The Labute approximate surface area is 75.4 Å². The lowest BCUT2D eigenvalue weighted by atomic mass is 10.2. The standard InChI is InChI=1S/C6H9ClN2O2S/c1-5-6(4-8-9-5)2-3-12(7,10)11/h4H,2-3H2,1H3,(H,8,9). The summed E-state index contributed by atoms with van der Waals surface area (Å²) in [7, 11) is 1.66. The number of halogens is 1. The molecule has 12 heavy (non-hydrogen) atoms. The second kappa shape index (κ2) is 3.45. The first kappa shape index (κ1) is 9.54. The summed E-state index contributed by atoms with van der Waals surface area (Å²) >= 11 is 0. The molecular weight excluding hydrogens is 200 g/mol. The molecule has 1 N–H and O–H groups in total. The molecule has 0 aliphatic heterocycles. The van der Waals surface area contributed by atoms with Crippen LogP contribution in [0.4, 0.5) is 0 Å². The van der Waals surface area contributed by atoms with Crippen LogP contribution in [-0.2, 0) is 15.5 Å². The molecule has 6 heteroatoms. The molecule has 0 saturated heterocycles. The van der Waals surface area contributed by atoms with Crippen molar-refractivity contribution in [2.24, 2.45) is 0 Å². The summed E-state index contributed by atoms with van der Waals surface area (Å²) in [6.45, 7) is 1.84. The van der Waals surface area contributed by atoms with Gasteiger partial charge in [-0.1, -0.05) is 0 Å². The summed E-state index contributed by atoms with van der Waals surface area (Å²) in [6, 6.07) is 0. The van der Waals surface area contributed by atoms with Gasteiger partial charge in [-0.25, -0.2) is 8.42 Å². The Balaban J connectivity index is 2.61. The summed E-state index contributed by atoms with van der Waals surface area (Å²) in [5.41, 5.74) is 1.77. The predicted octanol–water partition coefficient (Wildman–Crippen LogP) is 0.829. The minimum Gasteiger partial charge on any atom is -0.283 e. The molecule has 0 aromatic carbocycles. The van der Waals surface area contributed by atoms with Crippen LogP contribution in [0.25, 0.3) is 0 Å². The summed E-state index contributed by atoms with van der Waals surface area (Å²) in [5, 5.41) is 6.48. The van der Waals surface area contributed by atoms with Gasteiger partial charge in [0.1, 0.15) is 0 Å². The second-order valence-electron chi connectivity index (χ2n) is 2.51. The molecule has 0 amide bonds. The Morgan fingerprint density at radius 3 is 2.75 bits per heavy atom. The van der Waals surface area contributed by atoms with Crippen LogP contribution in [0.15, 0.2) is 6.20 Å². The van der Waals surface area contributed by atoms with E-state index in [1.54, 1.807) is 6.20 Å². The Morgan fingerprint density at radius 1 is 1.67 bits per heavy atom. The molecule has 0 atom stereocenters. The van der Waals surface area contributed by atoms with Gasteiger partial charge in [-0.15, -0.1) is 0 Å². The van der Waals surface area contributed by atoms with Crippen LogP contribution < -0.4 is 0 Å². The number of H-pyrrole nitrogens is 1. The topological polar surface area (TPSA) is 62.8 Å². The first-order chi connectivity index (χ1) is 5.49. The summed E-state index contributed by atoms with van der Waals surface area (Å²) in [4.78, 5) is 0. The lowest BCUT2D eigenvalue weighted by Gasteiger charge is -1.94. The van der Waals surface area contributed by atoms with E-state index < -0.39 is 9.05 Å². The summed E-state index contributed by atoms with van der Waals surface area (Å²) < 4.78 is 21.1. The van der Waals surface area contributed by atoms with Gasteiger partial charge in [-0.3, -0.25) is 5.10 Å². The number of nitrogens with one attached hydrogen (secondary N) is 1. The Bertz CT molecular complexity index is 357. The zero-order valence-corrected chi connectivity index (χ0v) is 8.11. The minimum absolute atomic E-state index is 0.0467. The van der Waals surface area contributed by atoms with Gasteiger partial charge in [0.15, 0.2) is 0 Å². The molecule has 0 spiro atoms. The quantitative estimate of drug-likeness (QED) is 0.749. The molecule has 68 valence electrons. The van der Waals surface area contributed by atoms with Gasteiger partial charge in [0.2, 0.25) is 9.05 Å². The number of hydrogen-bond donors (Lipinski definition) is 1. The average Bonchev–Trinajstić information content (AvgIpc) is 2.29. The third-order valence-corrected chi connectivity index (χ3v) is 2.70. The fourth-order valence-electron chi connectivity index (χ4n) is 0.860. The minimum atomic E-state index is -3.39. The van der Waals surface area contributed by atoms with E-state index in [0.29, 0.717) is 6.42 Å². The predicted molar refractivity (Wildman–Crippen MR) is 46.7 cm³/mol. The van der Waals surface area contributed by atoms with E-state index in [-0.39, 0.29) is 5.75 Å². The SMILES string of the molecule is Cc1[nH]ncc1CCS(=O)(=O)Cl. The zero-order valence-electron chi connectivity index (χ0n) is 6.54. The highest BCUT2D eigenvalue weighted by atomic mass is 35.7. The fourth-order valence-corrected chi connectivity index (χ4v) is 1.55. The highest BCUT2D eigenvalue weighted by molar-refractivity contribution is 8.13. The maximum atomic E-state index is 10.6. The molecule has 0 bridgehead atoms. The molecule has 0 unspecified atom stereocenters. The number of hydrogen-bond acceptors (Lipinski definition) is 3. The van der Waals surface area contributed by atoms with Crippen LogP contribution in [-0.4, -0.2) is 24.4 Å². The van der Waals surface area contributed by atoms with Gasteiger partial charge >= 0.3 is 0 Å². The second-order valence-corrected chi connectivity index (χ2v) is 5.41. The van der Waals surface area contributed by atoms with Gasteiger partial charge in [0.05, 0.1) is 11.9 Å². The van der Waals surface area contributed by atoms with E-state index in [4.69, 9.17) is 10.7 Å². The largest absolute Gasteiger partial charge is 0.283 e. The lowest BCUT2D eigenvalue weighted by Crippen LogP contribution is -2.01. The van der Waals surface area contributed by atoms with Crippen LogP contribution in [0.3, 0.4) is 0 Å². The molecular formula is C6H9ClN2O2S. The van der Waals surface area contributed by atoms with Gasteiger partial charge in [-0.2, -0.15) is 5.10 Å². The van der Waals surface area contributed by atoms with Crippen LogP contribution in [0.2, 0.25) is 0 Å². The zero-order chi connectivity index (χ0) is 9.19. The summed E-state index contributed by atoms with van der Waals surface area (Å²) in [5.74, 6) is -0.0467. The molecule has 0 fully saturated rings. The third kappa shape index (κ3) is 2.83. The molecule has 0 saturated carbocycles. The lowest BCUT2D eigenvalue weighted by molar-refractivity contribution is 0.609. The highest BCUT2D eigenvalue weighted by Crippen LogP contribution is 2.06. The van der Waals surface area contributed by atoms with Crippen molar-refractivity contribution in [1.82, 2.24) is 10.2 Å². The monoisotopic (exact) mass is 208 g/mol. The van der Waals surface area contributed by atoms with Gasteiger partial charge in [-0.05, 0) is 18.9 Å². The molecule has 0 aliphatic carbocycles. The van der Waals surface area contributed by atoms with Crippen molar-refractivity contribution in [1.29, 1.82) is 0 Å². The number of rotatable bonds is 3. The smallest absolute Gasteiger partial charge is 0.232 e. The van der Waals surface area contributed by atoms with Crippen molar-refractivity contribution in [2.75, 3.05) is 5.75 Å². The normalized spacial score (nSPS) is 11.8. The van der Waals surface area contributed by atoms with Crippen molar-refractivity contribution < 1.29 is 8.42 Å². The maximum Gasteiger partial charge on any atom is 0.232 e. The Kier molecular flexibility index (Phi) is 2.74. The fraction of sp³-hybridized carbons (Fsp3) is 0.500. The molecule has 0 aliphatic rings. The Hall–Kier alpha value is -0.550. The van der Waals surface area contributed by atoms with Gasteiger partial charge < -0.3 is 0 Å². The van der Waals surface area contributed by atoms with Gasteiger partial charge in [0.25, 0.3) is 0 Å². The number of nitrogens with zero attached hydrogens (tertiary/aromatic N) is 1. The average molecular weight is 209 g/mol. The van der Waals surface area contributed by atoms with E-state index >= 15 is 0 Å². The summed E-state index contributed by atoms with van der Waals surface area (Å²) in [6.07, 6.45) is 2.02. The molecule has 1 aromatic rings. The van der Waals surface area contributed by atoms with Crippen molar-refractivity contribution >= 4 is 19.7 Å². The van der Waals surface area contributed by atoms with E-state index in [0.717, 1.165) is 11.3 Å². The molecule has 4 nitrogen and oxygen atoms in total. The van der Waals surface area contributed by atoms with E-state index in [1.807, 2.05) is 6.92 Å². The van der Waals surface area contributed by atoms with Crippen molar-refractivity contribution in [3.63, 3.8) is 0 Å². The number of aryl methyl sites for hydroxylation is 2. The molecule has 0 radical (unpaired) electrons. The van der Waals surface area contributed by atoms with Crippen LogP contribution in [0.5, 0.6) is 0 Å². The van der Waals surface area contributed by atoms with E-state index in [2.05, 4.69) is 10.2 Å². The highest BCUT2D eigenvalue weighted by Gasteiger charge is 2.07. The molecule has 1 rings (SSSR count). The maximum absolute atomic E-state index is 10.6. The van der Waals surface area contributed by atoms with Crippen molar-refractivity contribution in [2.45, 2.75) is 13.3 Å². The molecule has 1 aromatic heterocycles.